The van der Waals surface area contributed by atoms with Crippen molar-refractivity contribution >= 4 is 11.8 Å². The molecule has 2 N–H and O–H groups in total. The Labute approximate surface area is 235 Å². The van der Waals surface area contributed by atoms with Crippen LogP contribution in [-0.2, 0) is 16.1 Å². The molecule has 1 aromatic heterocycles. The highest BCUT2D eigenvalue weighted by molar-refractivity contribution is 5.87. The van der Waals surface area contributed by atoms with E-state index in [0.717, 1.165) is 32.2 Å². The summed E-state index contributed by atoms with van der Waals surface area (Å²) in [6.45, 7) is 7.89. The van der Waals surface area contributed by atoms with Gasteiger partial charge >= 0.3 is 0 Å². The minimum absolute atomic E-state index is 0.0360. The summed E-state index contributed by atoms with van der Waals surface area (Å²) >= 11 is 0. The van der Waals surface area contributed by atoms with Crippen LogP contribution < -0.4 is 15.2 Å². The van der Waals surface area contributed by atoms with Gasteiger partial charge in [0, 0.05) is 31.5 Å². The first kappa shape index (κ1) is 34.1. The third-order valence-corrected chi connectivity index (χ3v) is 7.74. The van der Waals surface area contributed by atoms with E-state index in [2.05, 4.69) is 29.0 Å². The first-order chi connectivity index (χ1) is 18.6. The summed E-state index contributed by atoms with van der Waals surface area (Å²) in [5, 5.41) is 6.08. The number of hydrogen-bond acceptors (Lipinski definition) is 2. The summed E-state index contributed by atoms with van der Waals surface area (Å²) in [5.74, 6) is 0.0451. The smallest absolute Gasteiger partial charge is 0.242 e. The second-order valence-corrected chi connectivity index (χ2v) is 11.2. The Bertz CT molecular complexity index is 695. The molecule has 0 fully saturated rings. The molecule has 0 bridgehead atoms. The van der Waals surface area contributed by atoms with Crippen molar-refractivity contribution in [2.45, 2.75) is 155 Å². The number of amides is 2. The third kappa shape index (κ3) is 18.4. The van der Waals surface area contributed by atoms with Crippen LogP contribution in [0.1, 0.15) is 143 Å². The highest BCUT2D eigenvalue weighted by Crippen LogP contribution is 2.14. The Morgan fingerprint density at radius 3 is 1.68 bits per heavy atom. The molecule has 5 heteroatoms. The largest absolute Gasteiger partial charge is 0.354 e. The molecule has 0 unspecified atom stereocenters. The maximum absolute atomic E-state index is 12.8. The fourth-order valence-corrected chi connectivity index (χ4v) is 4.95. The topological polar surface area (TPSA) is 62.1 Å². The number of aryl methyl sites for hydroxylation is 1. The fraction of sp³-hybridized carbons (Fsp3) is 0.788. The monoisotopic (exact) mass is 530 g/mol. The van der Waals surface area contributed by atoms with E-state index in [9.17, 15) is 9.59 Å². The Balaban J connectivity index is 2.04. The van der Waals surface area contributed by atoms with E-state index in [0.29, 0.717) is 13.0 Å². The molecule has 218 valence electrons. The average molecular weight is 531 g/mol. The van der Waals surface area contributed by atoms with Gasteiger partial charge in [-0.2, -0.15) is 0 Å². The fourth-order valence-electron chi connectivity index (χ4n) is 4.95. The zero-order valence-electron chi connectivity index (χ0n) is 25.2. The average Bonchev–Trinajstić information content (AvgIpc) is 2.93. The number of aromatic nitrogens is 1. The second kappa shape index (κ2) is 24.2. The van der Waals surface area contributed by atoms with Crippen LogP contribution in [0.25, 0.3) is 0 Å². The van der Waals surface area contributed by atoms with Gasteiger partial charge in [-0.05, 0) is 12.3 Å². The highest BCUT2D eigenvalue weighted by Gasteiger charge is 2.25. The Kier molecular flexibility index (Phi) is 21.7. The molecule has 0 aliphatic carbocycles. The zero-order valence-corrected chi connectivity index (χ0v) is 25.2. The van der Waals surface area contributed by atoms with Crippen LogP contribution >= 0.6 is 0 Å². The standard InChI is InChI=1S/C33H59N3O2/c1-4-6-7-8-9-10-11-12-13-14-15-16-17-18-19-21-26-34-33(38)32(30(3)5-2)35-31(37)25-24-29-36-27-22-20-23-28-36/h20,22-23,27-28,30,32H,4-19,21,24-26,29H2,1-3H3,(H-,34,35,37,38)/p+1/t30-,32-/m0/s1. The van der Waals surface area contributed by atoms with E-state index >= 15 is 0 Å². The molecule has 2 atom stereocenters. The number of rotatable bonds is 25. The van der Waals surface area contributed by atoms with Crippen molar-refractivity contribution in [1.29, 1.82) is 0 Å². The zero-order chi connectivity index (χ0) is 27.7. The third-order valence-electron chi connectivity index (χ3n) is 7.74. The van der Waals surface area contributed by atoms with Crippen molar-refractivity contribution in [3.05, 3.63) is 30.6 Å². The lowest BCUT2D eigenvalue weighted by molar-refractivity contribution is -0.697. The molecule has 0 aliphatic rings. The van der Waals surface area contributed by atoms with Gasteiger partial charge in [0.2, 0.25) is 11.8 Å². The van der Waals surface area contributed by atoms with Crippen molar-refractivity contribution in [3.8, 4) is 0 Å². The summed E-state index contributed by atoms with van der Waals surface area (Å²) in [6.07, 6.45) is 27.6. The number of nitrogens with zero attached hydrogens (tertiary/aromatic N) is 1. The van der Waals surface area contributed by atoms with E-state index in [1.54, 1.807) is 0 Å². The number of unbranched alkanes of at least 4 members (excludes halogenated alkanes) is 15. The predicted molar refractivity (Wildman–Crippen MR) is 160 cm³/mol. The molecule has 0 spiro atoms. The van der Waals surface area contributed by atoms with Gasteiger partial charge in [0.25, 0.3) is 0 Å². The second-order valence-electron chi connectivity index (χ2n) is 11.2. The van der Waals surface area contributed by atoms with E-state index in [-0.39, 0.29) is 17.7 Å². The first-order valence-electron chi connectivity index (χ1n) is 16.1. The highest BCUT2D eigenvalue weighted by atomic mass is 16.2. The lowest BCUT2D eigenvalue weighted by Crippen LogP contribution is -2.50. The molecule has 0 saturated carbocycles. The van der Waals surface area contributed by atoms with Crippen molar-refractivity contribution in [1.82, 2.24) is 10.6 Å². The maximum atomic E-state index is 12.8. The molecular formula is C33H60N3O2+. The minimum Gasteiger partial charge on any atom is -0.354 e. The molecule has 38 heavy (non-hydrogen) atoms. The molecule has 1 heterocycles. The van der Waals surface area contributed by atoms with Crippen molar-refractivity contribution in [2.75, 3.05) is 6.54 Å². The van der Waals surface area contributed by atoms with Crippen LogP contribution in [0.5, 0.6) is 0 Å². The molecule has 0 aromatic carbocycles. The number of carbonyl (C=O) groups excluding carboxylic acids is 2. The predicted octanol–water partition coefficient (Wildman–Crippen LogP) is 7.66. The van der Waals surface area contributed by atoms with E-state index in [1.165, 1.54) is 89.9 Å². The Morgan fingerprint density at radius 1 is 0.684 bits per heavy atom. The van der Waals surface area contributed by atoms with E-state index < -0.39 is 6.04 Å². The van der Waals surface area contributed by atoms with Gasteiger partial charge in [-0.3, -0.25) is 9.59 Å². The molecule has 0 saturated heterocycles. The molecule has 2 amide bonds. The number of carbonyl (C=O) groups is 2. The summed E-state index contributed by atoms with van der Waals surface area (Å²) in [5.41, 5.74) is 0. The van der Waals surface area contributed by atoms with E-state index in [4.69, 9.17) is 0 Å². The summed E-state index contributed by atoms with van der Waals surface area (Å²) < 4.78 is 2.07. The number of pyridine rings is 1. The first-order valence-corrected chi connectivity index (χ1v) is 16.1. The van der Waals surface area contributed by atoms with E-state index in [1.807, 2.05) is 37.5 Å². The number of nitrogens with one attached hydrogen (secondary N) is 2. The van der Waals surface area contributed by atoms with Crippen LogP contribution in [-0.4, -0.2) is 24.4 Å². The van der Waals surface area contributed by atoms with Crippen LogP contribution in [0.4, 0.5) is 0 Å². The van der Waals surface area contributed by atoms with Crippen molar-refractivity contribution in [3.63, 3.8) is 0 Å². The van der Waals surface area contributed by atoms with Crippen LogP contribution in [0.15, 0.2) is 30.6 Å². The minimum atomic E-state index is -0.446. The summed E-state index contributed by atoms with van der Waals surface area (Å²) in [4.78, 5) is 25.3. The quantitative estimate of drug-likeness (QED) is 0.101. The summed E-state index contributed by atoms with van der Waals surface area (Å²) in [7, 11) is 0. The van der Waals surface area contributed by atoms with Gasteiger partial charge < -0.3 is 10.6 Å². The lowest BCUT2D eigenvalue weighted by atomic mass is 9.98. The molecule has 5 nitrogen and oxygen atoms in total. The van der Waals surface area contributed by atoms with Gasteiger partial charge in [-0.25, -0.2) is 4.57 Å². The molecular weight excluding hydrogens is 470 g/mol. The van der Waals surface area contributed by atoms with Crippen molar-refractivity contribution < 1.29 is 14.2 Å². The van der Waals surface area contributed by atoms with Gasteiger partial charge in [-0.15, -0.1) is 0 Å². The van der Waals surface area contributed by atoms with Crippen LogP contribution in [0, 0.1) is 5.92 Å². The van der Waals surface area contributed by atoms with Gasteiger partial charge in [0.1, 0.15) is 12.6 Å². The summed E-state index contributed by atoms with van der Waals surface area (Å²) in [6, 6.07) is 5.52. The normalized spacial score (nSPS) is 12.7. The SMILES string of the molecule is CCCCCCCCCCCCCCCCCCNC(=O)[C@@H](NC(=O)CCC[n+]1ccccc1)[C@@H](C)CC. The van der Waals surface area contributed by atoms with Crippen LogP contribution in [0.3, 0.4) is 0 Å². The van der Waals surface area contributed by atoms with Crippen molar-refractivity contribution in [2.24, 2.45) is 5.92 Å². The Hall–Kier alpha value is -1.91. The van der Waals surface area contributed by atoms with Gasteiger partial charge in [0.15, 0.2) is 12.4 Å². The molecule has 1 rings (SSSR count). The maximum Gasteiger partial charge on any atom is 0.242 e. The molecule has 1 aromatic rings. The molecule has 0 radical (unpaired) electrons. The number of hydrogen-bond donors (Lipinski definition) is 2. The Morgan fingerprint density at radius 2 is 1.18 bits per heavy atom. The lowest BCUT2D eigenvalue weighted by Gasteiger charge is -2.23. The van der Waals surface area contributed by atoms with Crippen LogP contribution in [0.2, 0.25) is 0 Å². The van der Waals surface area contributed by atoms with Gasteiger partial charge in [-0.1, -0.05) is 130 Å². The van der Waals surface area contributed by atoms with Gasteiger partial charge in [0.05, 0.1) is 0 Å². The molecule has 0 aliphatic heterocycles.